The molecule has 32 heavy (non-hydrogen) atoms. The molecule has 1 aliphatic carbocycles. The highest BCUT2D eigenvalue weighted by molar-refractivity contribution is 6.16. The molecule has 0 unspecified atom stereocenters. The van der Waals surface area contributed by atoms with Crippen LogP contribution in [0.5, 0.6) is 5.75 Å². The number of nitrogens with zero attached hydrogens (tertiary/aromatic N) is 1. The lowest BCUT2D eigenvalue weighted by Crippen LogP contribution is -2.36. The topological polar surface area (TPSA) is 49.8 Å². The van der Waals surface area contributed by atoms with Crippen molar-refractivity contribution in [2.75, 3.05) is 26.2 Å². The summed E-state index contributed by atoms with van der Waals surface area (Å²) in [6, 6.07) is 16.2. The smallest absolute Gasteiger partial charge is 0.189 e. The Morgan fingerprint density at radius 2 is 1.75 bits per heavy atom. The number of hydrogen-bond acceptors (Lipinski definition) is 4. The first-order chi connectivity index (χ1) is 15.6. The van der Waals surface area contributed by atoms with Crippen LogP contribution < -0.4 is 4.74 Å². The molecule has 0 saturated carbocycles. The number of likely N-dealkylation sites (tertiary alicyclic amines) is 1. The van der Waals surface area contributed by atoms with Crippen molar-refractivity contribution < 1.29 is 14.6 Å². The van der Waals surface area contributed by atoms with Crippen molar-refractivity contribution in [3.05, 3.63) is 70.8 Å². The molecule has 4 rings (SSSR count). The maximum absolute atomic E-state index is 13.0. The Morgan fingerprint density at radius 1 is 1.00 bits per heavy atom. The summed E-state index contributed by atoms with van der Waals surface area (Å²) in [7, 11) is 0. The van der Waals surface area contributed by atoms with E-state index in [2.05, 4.69) is 17.0 Å². The Labute approximate surface area is 191 Å². The Kier molecular flexibility index (Phi) is 7.77. The fourth-order valence-corrected chi connectivity index (χ4v) is 4.75. The molecule has 0 amide bonds. The van der Waals surface area contributed by atoms with Gasteiger partial charge in [0.2, 0.25) is 0 Å². The Balaban J connectivity index is 1.22. The zero-order chi connectivity index (χ0) is 22.3. The average molecular weight is 434 g/mol. The molecule has 0 bridgehead atoms. The highest BCUT2D eigenvalue weighted by atomic mass is 16.5. The zero-order valence-electron chi connectivity index (χ0n) is 19.2. The van der Waals surface area contributed by atoms with Crippen molar-refractivity contribution in [1.82, 2.24) is 4.90 Å². The summed E-state index contributed by atoms with van der Waals surface area (Å²) in [6.07, 6.45) is 7.13. The molecule has 1 fully saturated rings. The van der Waals surface area contributed by atoms with Crippen LogP contribution in [0.1, 0.15) is 66.9 Å². The van der Waals surface area contributed by atoms with E-state index in [1.54, 1.807) is 0 Å². The Bertz CT molecular complexity index is 942. The summed E-state index contributed by atoms with van der Waals surface area (Å²) < 4.78 is 5.97. The van der Waals surface area contributed by atoms with E-state index in [9.17, 15) is 9.90 Å². The second-order valence-corrected chi connectivity index (χ2v) is 9.13. The van der Waals surface area contributed by atoms with E-state index < -0.39 is 0 Å². The van der Waals surface area contributed by atoms with Crippen LogP contribution in [0.15, 0.2) is 54.1 Å². The second kappa shape index (κ2) is 10.9. The van der Waals surface area contributed by atoms with E-state index in [0.717, 1.165) is 85.3 Å². The third-order valence-electron chi connectivity index (χ3n) is 6.80. The molecule has 2 aliphatic rings. The van der Waals surface area contributed by atoms with Crippen LogP contribution in [0, 0.1) is 0 Å². The normalized spacial score (nSPS) is 17.5. The molecule has 4 heteroatoms. The zero-order valence-corrected chi connectivity index (χ0v) is 19.2. The Hall–Kier alpha value is -2.43. The van der Waals surface area contributed by atoms with Crippen molar-refractivity contribution in [1.29, 1.82) is 0 Å². The quantitative estimate of drug-likeness (QED) is 0.546. The molecule has 0 atom stereocenters. The molecular formula is C28H35NO3. The summed E-state index contributed by atoms with van der Waals surface area (Å²) in [5, 5.41) is 9.58. The predicted molar refractivity (Wildman–Crippen MR) is 129 cm³/mol. The standard InChI is InChI=1S/C28H35NO3/c1-21-26(22-9-5-4-6-10-22)19-23-11-12-25(20-27(23)28(21)31)32-18-8-3-2-7-15-29-16-13-24(30)14-17-29/h4-6,9-12,20,24,30H,2-3,7-8,13-19H2,1H3. The number of unbranched alkanes of at least 4 members (excludes halogenated alkanes) is 3. The van der Waals surface area contributed by atoms with Gasteiger partial charge in [-0.2, -0.15) is 0 Å². The number of carbonyl (C=O) groups excluding carboxylic acids is 1. The van der Waals surface area contributed by atoms with Gasteiger partial charge in [0, 0.05) is 24.2 Å². The third kappa shape index (κ3) is 5.67. The van der Waals surface area contributed by atoms with Crippen LogP contribution in [-0.4, -0.2) is 48.1 Å². The lowest BCUT2D eigenvalue weighted by Gasteiger charge is -2.29. The number of allylic oxidation sites excluding steroid dienone is 2. The van der Waals surface area contributed by atoms with E-state index in [0.29, 0.717) is 6.61 Å². The van der Waals surface area contributed by atoms with Gasteiger partial charge in [0.1, 0.15) is 5.75 Å². The number of aliphatic hydroxyl groups excluding tert-OH is 1. The SMILES string of the molecule is CC1=C(c2ccccc2)Cc2ccc(OCCCCCCN3CCC(O)CC3)cc2C1=O. The first-order valence-corrected chi connectivity index (χ1v) is 12.1. The lowest BCUT2D eigenvalue weighted by molar-refractivity contribution is 0.0817. The molecule has 4 nitrogen and oxygen atoms in total. The van der Waals surface area contributed by atoms with E-state index in [1.165, 1.54) is 12.8 Å². The number of piperidine rings is 1. The minimum atomic E-state index is -0.0897. The summed E-state index contributed by atoms with van der Waals surface area (Å²) in [5.41, 5.74) is 4.95. The van der Waals surface area contributed by atoms with Crippen molar-refractivity contribution >= 4 is 11.4 Å². The number of carbonyl (C=O) groups is 1. The highest BCUT2D eigenvalue weighted by Gasteiger charge is 2.24. The van der Waals surface area contributed by atoms with Gasteiger partial charge in [0.25, 0.3) is 0 Å². The number of benzene rings is 2. The van der Waals surface area contributed by atoms with Gasteiger partial charge < -0.3 is 14.7 Å². The fraction of sp³-hybridized carbons (Fsp3) is 0.464. The minimum absolute atomic E-state index is 0.0897. The van der Waals surface area contributed by atoms with Gasteiger partial charge >= 0.3 is 0 Å². The molecule has 1 N–H and O–H groups in total. The molecule has 0 radical (unpaired) electrons. The highest BCUT2D eigenvalue weighted by Crippen LogP contribution is 2.33. The van der Waals surface area contributed by atoms with Gasteiger partial charge in [-0.15, -0.1) is 0 Å². The van der Waals surface area contributed by atoms with Crippen LogP contribution in [0.2, 0.25) is 0 Å². The van der Waals surface area contributed by atoms with Gasteiger partial charge in [0.05, 0.1) is 12.7 Å². The van der Waals surface area contributed by atoms with Crippen molar-refractivity contribution in [2.24, 2.45) is 0 Å². The molecule has 2 aromatic rings. The number of ether oxygens (including phenoxy) is 1. The molecule has 0 spiro atoms. The summed E-state index contributed by atoms with van der Waals surface area (Å²) >= 11 is 0. The van der Waals surface area contributed by atoms with Gasteiger partial charge in [0.15, 0.2) is 5.78 Å². The monoisotopic (exact) mass is 433 g/mol. The van der Waals surface area contributed by atoms with Gasteiger partial charge in [-0.05, 0) is 74.4 Å². The number of aliphatic hydroxyl groups is 1. The van der Waals surface area contributed by atoms with Crippen molar-refractivity contribution in [3.63, 3.8) is 0 Å². The van der Waals surface area contributed by atoms with Gasteiger partial charge in [-0.3, -0.25) is 4.79 Å². The van der Waals surface area contributed by atoms with Crippen LogP contribution in [0.3, 0.4) is 0 Å². The molecule has 1 saturated heterocycles. The molecule has 170 valence electrons. The maximum atomic E-state index is 13.0. The van der Waals surface area contributed by atoms with E-state index in [-0.39, 0.29) is 11.9 Å². The Morgan fingerprint density at radius 3 is 2.53 bits per heavy atom. The van der Waals surface area contributed by atoms with E-state index in [4.69, 9.17) is 4.74 Å². The molecule has 1 heterocycles. The summed E-state index contributed by atoms with van der Waals surface area (Å²) in [6.45, 7) is 5.82. The molecular weight excluding hydrogens is 398 g/mol. The summed E-state index contributed by atoms with van der Waals surface area (Å²) in [4.78, 5) is 15.5. The first-order valence-electron chi connectivity index (χ1n) is 12.1. The lowest BCUT2D eigenvalue weighted by atomic mass is 9.83. The fourth-order valence-electron chi connectivity index (χ4n) is 4.75. The number of fused-ring (bicyclic) bond motifs is 1. The summed E-state index contributed by atoms with van der Waals surface area (Å²) in [5.74, 6) is 0.903. The van der Waals surface area contributed by atoms with Gasteiger partial charge in [-0.1, -0.05) is 49.2 Å². The molecule has 2 aromatic carbocycles. The maximum Gasteiger partial charge on any atom is 0.189 e. The average Bonchev–Trinajstić information content (AvgIpc) is 2.82. The number of hydrogen-bond donors (Lipinski definition) is 1. The predicted octanol–water partition coefficient (Wildman–Crippen LogP) is 5.30. The van der Waals surface area contributed by atoms with Crippen molar-refractivity contribution in [2.45, 2.75) is 58.0 Å². The first kappa shape index (κ1) is 22.8. The van der Waals surface area contributed by atoms with Crippen LogP contribution in [0.25, 0.3) is 5.57 Å². The third-order valence-corrected chi connectivity index (χ3v) is 6.80. The minimum Gasteiger partial charge on any atom is -0.494 e. The van der Waals surface area contributed by atoms with Gasteiger partial charge in [-0.25, -0.2) is 0 Å². The number of ketones is 1. The van der Waals surface area contributed by atoms with Crippen LogP contribution >= 0.6 is 0 Å². The van der Waals surface area contributed by atoms with E-state index >= 15 is 0 Å². The number of rotatable bonds is 9. The molecule has 1 aliphatic heterocycles. The number of Topliss-reactive ketones (excluding diaryl/α,β-unsaturated/α-hetero) is 1. The second-order valence-electron chi connectivity index (χ2n) is 9.13. The van der Waals surface area contributed by atoms with Crippen LogP contribution in [0.4, 0.5) is 0 Å². The van der Waals surface area contributed by atoms with Crippen LogP contribution in [-0.2, 0) is 6.42 Å². The molecule has 0 aromatic heterocycles. The van der Waals surface area contributed by atoms with E-state index in [1.807, 2.05) is 43.3 Å². The van der Waals surface area contributed by atoms with Crippen molar-refractivity contribution in [3.8, 4) is 5.75 Å². The largest absolute Gasteiger partial charge is 0.494 e.